The minimum atomic E-state index is -0.807. The van der Waals surface area contributed by atoms with E-state index in [9.17, 15) is 14.4 Å². The lowest BCUT2D eigenvalue weighted by Crippen LogP contribution is -2.46. The second-order valence-corrected chi connectivity index (χ2v) is 7.25. The van der Waals surface area contributed by atoms with Crippen molar-refractivity contribution in [1.29, 1.82) is 0 Å². The molecule has 1 aromatic heterocycles. The second kappa shape index (κ2) is 8.31. The van der Waals surface area contributed by atoms with Crippen molar-refractivity contribution in [3.63, 3.8) is 0 Å². The Morgan fingerprint density at radius 2 is 2.07 bits per heavy atom. The Balaban J connectivity index is 1.80. The molecule has 8 heteroatoms. The number of nitrogens with zero attached hydrogens (tertiary/aromatic N) is 2. The fourth-order valence-corrected chi connectivity index (χ4v) is 3.38. The largest absolute Gasteiger partial charge is 0.366 e. The van der Waals surface area contributed by atoms with Crippen LogP contribution >= 0.6 is 11.6 Å². The minimum absolute atomic E-state index is 0.141. The van der Waals surface area contributed by atoms with Gasteiger partial charge in [0.25, 0.3) is 0 Å². The van der Waals surface area contributed by atoms with Crippen molar-refractivity contribution in [2.24, 2.45) is 11.7 Å². The molecule has 1 aliphatic heterocycles. The van der Waals surface area contributed by atoms with E-state index < -0.39 is 17.7 Å². The molecule has 0 aliphatic carbocycles. The molecule has 1 saturated heterocycles. The van der Waals surface area contributed by atoms with Gasteiger partial charge in [0.05, 0.1) is 23.9 Å². The monoisotopic (exact) mass is 399 g/mol. The number of halogens is 1. The quantitative estimate of drug-likeness (QED) is 0.611. The molecule has 1 aliphatic rings. The summed E-state index contributed by atoms with van der Waals surface area (Å²) in [6, 6.07) is 8.27. The zero-order chi connectivity index (χ0) is 20.3. The number of carbonyl (C=O) groups is 3. The maximum atomic E-state index is 12.9. The summed E-state index contributed by atoms with van der Waals surface area (Å²) in [5, 5.41) is 3.06. The van der Waals surface area contributed by atoms with Crippen LogP contribution in [0.1, 0.15) is 35.3 Å². The molecule has 144 valence electrons. The van der Waals surface area contributed by atoms with Gasteiger partial charge in [0, 0.05) is 29.2 Å². The Morgan fingerprint density at radius 3 is 2.79 bits per heavy atom. The minimum Gasteiger partial charge on any atom is -0.366 e. The van der Waals surface area contributed by atoms with Crippen molar-refractivity contribution >= 4 is 35.0 Å². The van der Waals surface area contributed by atoms with Crippen LogP contribution in [0.2, 0.25) is 5.02 Å². The standard InChI is InChI=1S/C20H19ClN4O3/c1-12-5-6-17(13-3-2-4-15(21)7-13)25(11-12)20(28)19(27)24-16-8-14(18(22)26)9-23-10-16/h2-4,6-10,12,17H,5,11H2,1H3,(H2-,22,24,26,27)/p+1/t12-,17+/m0/s1. The second-order valence-electron chi connectivity index (χ2n) is 6.81. The summed E-state index contributed by atoms with van der Waals surface area (Å²) < 4.78 is 0. The highest BCUT2D eigenvalue weighted by Crippen LogP contribution is 2.33. The van der Waals surface area contributed by atoms with E-state index in [0.717, 1.165) is 12.0 Å². The van der Waals surface area contributed by atoms with Gasteiger partial charge in [0.2, 0.25) is 5.91 Å². The molecular formula is C20H20ClN4O3+. The normalized spacial score (nSPS) is 18.9. The first-order chi connectivity index (χ1) is 13.3. The van der Waals surface area contributed by atoms with Gasteiger partial charge in [-0.15, -0.1) is 0 Å². The summed E-state index contributed by atoms with van der Waals surface area (Å²) >= 11 is 6.09. The maximum Gasteiger partial charge on any atom is 0.316 e. The first-order valence-electron chi connectivity index (χ1n) is 8.80. The Kier molecular flexibility index (Phi) is 5.84. The van der Waals surface area contributed by atoms with Crippen molar-refractivity contribution in [3.8, 4) is 0 Å². The molecule has 3 rings (SSSR count). The van der Waals surface area contributed by atoms with E-state index in [1.807, 2.05) is 25.5 Å². The molecule has 0 radical (unpaired) electrons. The molecule has 28 heavy (non-hydrogen) atoms. The molecule has 0 saturated carbocycles. The van der Waals surface area contributed by atoms with Gasteiger partial charge in [0.1, 0.15) is 6.42 Å². The number of carbonyl (C=O) groups excluding carboxylic acids is 3. The molecule has 1 aromatic carbocycles. The highest BCUT2D eigenvalue weighted by Gasteiger charge is 2.40. The smallest absolute Gasteiger partial charge is 0.316 e. The molecule has 0 bridgehead atoms. The molecule has 7 nitrogen and oxygen atoms in total. The van der Waals surface area contributed by atoms with Gasteiger partial charge in [-0.05, 0) is 18.2 Å². The van der Waals surface area contributed by atoms with E-state index in [1.54, 1.807) is 12.1 Å². The number of anilines is 1. The van der Waals surface area contributed by atoms with Gasteiger partial charge in [0.15, 0.2) is 6.04 Å². The third kappa shape index (κ3) is 4.43. The molecule has 0 spiro atoms. The van der Waals surface area contributed by atoms with Gasteiger partial charge in [-0.1, -0.05) is 30.7 Å². The predicted octanol–water partition coefficient (Wildman–Crippen LogP) is 2.59. The number of rotatable bonds is 3. The Hall–Kier alpha value is -3.06. The van der Waals surface area contributed by atoms with Crippen LogP contribution in [0.5, 0.6) is 0 Å². The molecule has 2 heterocycles. The number of nitrogens with two attached hydrogens (primary N) is 1. The van der Waals surface area contributed by atoms with Gasteiger partial charge < -0.3 is 11.1 Å². The molecule has 2 aromatic rings. The number of pyridine rings is 1. The van der Waals surface area contributed by atoms with E-state index in [4.69, 9.17) is 17.3 Å². The summed E-state index contributed by atoms with van der Waals surface area (Å²) in [7, 11) is 0. The summed E-state index contributed by atoms with van der Waals surface area (Å²) in [4.78, 5) is 42.1. The maximum absolute atomic E-state index is 12.9. The fourth-order valence-electron chi connectivity index (χ4n) is 3.19. The summed E-state index contributed by atoms with van der Waals surface area (Å²) in [5.41, 5.74) is 6.43. The number of nitrogens with one attached hydrogen (secondary N) is 1. The van der Waals surface area contributed by atoms with Crippen molar-refractivity contribution in [3.05, 3.63) is 65.3 Å². The van der Waals surface area contributed by atoms with Crippen molar-refractivity contribution < 1.29 is 14.4 Å². The van der Waals surface area contributed by atoms with Crippen molar-refractivity contribution in [1.82, 2.24) is 9.88 Å². The first-order valence-corrected chi connectivity index (χ1v) is 9.18. The van der Waals surface area contributed by atoms with Crippen LogP contribution in [0, 0.1) is 12.3 Å². The lowest BCUT2D eigenvalue weighted by atomic mass is 9.90. The lowest BCUT2D eigenvalue weighted by Gasteiger charge is -2.32. The van der Waals surface area contributed by atoms with Crippen LogP contribution in [0.3, 0.4) is 0 Å². The van der Waals surface area contributed by atoms with E-state index in [-0.39, 0.29) is 23.2 Å². The average Bonchev–Trinajstić information content (AvgIpc) is 2.67. The highest BCUT2D eigenvalue weighted by atomic mass is 35.5. The Morgan fingerprint density at radius 1 is 1.29 bits per heavy atom. The van der Waals surface area contributed by atoms with Crippen LogP contribution in [0.4, 0.5) is 5.69 Å². The highest BCUT2D eigenvalue weighted by molar-refractivity contribution is 6.39. The number of hydrogen-bond donors (Lipinski definition) is 2. The summed E-state index contributed by atoms with van der Waals surface area (Å²) in [6.07, 6.45) is 5.47. The molecule has 2 atom stereocenters. The SMILES string of the molecule is C[C@H]1C[CH+][C@H](c2cccc(Cl)c2)N(C(=O)C(=O)Nc2cncc(C(N)=O)c2)C1. The zero-order valence-electron chi connectivity index (χ0n) is 15.3. The Bertz CT molecular complexity index is 918. The topological polar surface area (TPSA) is 105 Å². The van der Waals surface area contributed by atoms with Gasteiger partial charge in [-0.3, -0.25) is 24.3 Å². The van der Waals surface area contributed by atoms with Crippen molar-refractivity contribution in [2.75, 3.05) is 11.9 Å². The van der Waals surface area contributed by atoms with Gasteiger partial charge >= 0.3 is 11.8 Å². The van der Waals surface area contributed by atoms with Crippen LogP contribution in [0.15, 0.2) is 42.7 Å². The number of amides is 3. The summed E-state index contributed by atoms with van der Waals surface area (Å²) in [6.45, 7) is 2.46. The number of piperidine rings is 1. The summed E-state index contributed by atoms with van der Waals surface area (Å²) in [5.74, 6) is -1.92. The molecular weight excluding hydrogens is 380 g/mol. The van der Waals surface area contributed by atoms with Gasteiger partial charge in [-0.25, -0.2) is 0 Å². The lowest BCUT2D eigenvalue weighted by molar-refractivity contribution is -0.145. The van der Waals surface area contributed by atoms with E-state index in [0.29, 0.717) is 11.6 Å². The van der Waals surface area contributed by atoms with E-state index in [1.165, 1.54) is 23.4 Å². The number of benzene rings is 1. The first kappa shape index (κ1) is 19.7. The van der Waals surface area contributed by atoms with Crippen LogP contribution in [-0.2, 0) is 9.59 Å². The van der Waals surface area contributed by atoms with Crippen molar-refractivity contribution in [2.45, 2.75) is 19.4 Å². The molecule has 1 fully saturated rings. The van der Waals surface area contributed by atoms with Gasteiger partial charge in [-0.2, -0.15) is 0 Å². The molecule has 3 N–H and O–H groups in total. The van der Waals surface area contributed by atoms with E-state index >= 15 is 0 Å². The number of likely N-dealkylation sites (tertiary alicyclic amines) is 1. The molecule has 3 amide bonds. The number of hydrogen-bond acceptors (Lipinski definition) is 4. The fraction of sp³-hybridized carbons (Fsp3) is 0.250. The number of primary amides is 1. The van der Waals surface area contributed by atoms with Crippen LogP contribution in [0.25, 0.3) is 0 Å². The zero-order valence-corrected chi connectivity index (χ0v) is 16.0. The molecule has 0 unspecified atom stereocenters. The predicted molar refractivity (Wildman–Crippen MR) is 105 cm³/mol. The third-order valence-electron chi connectivity index (χ3n) is 4.53. The number of aromatic nitrogens is 1. The van der Waals surface area contributed by atoms with Crippen LogP contribution < -0.4 is 11.1 Å². The van der Waals surface area contributed by atoms with E-state index in [2.05, 4.69) is 10.3 Å². The van der Waals surface area contributed by atoms with Crippen LogP contribution in [-0.4, -0.2) is 34.2 Å². The third-order valence-corrected chi connectivity index (χ3v) is 4.77. The Labute approximate surface area is 167 Å². The average molecular weight is 400 g/mol.